The van der Waals surface area contributed by atoms with Gasteiger partial charge in [-0.25, -0.2) is 0 Å². The van der Waals surface area contributed by atoms with E-state index < -0.39 is 6.04 Å². The average molecular weight is 504 g/mol. The molecule has 0 unspecified atom stereocenters. The Labute approximate surface area is 228 Å². The van der Waals surface area contributed by atoms with Crippen molar-refractivity contribution in [2.45, 2.75) is 18.0 Å². The van der Waals surface area contributed by atoms with Crippen molar-refractivity contribution < 1.29 is 4.79 Å². The van der Waals surface area contributed by atoms with Gasteiger partial charge in [0, 0.05) is 23.1 Å². The summed E-state index contributed by atoms with van der Waals surface area (Å²) < 4.78 is 0. The van der Waals surface area contributed by atoms with Gasteiger partial charge in [-0.3, -0.25) is 4.79 Å². The minimum absolute atomic E-state index is 0.0185. The molecule has 6 rings (SSSR count). The Morgan fingerprint density at radius 1 is 0.692 bits per heavy atom. The number of hydrogen-bond acceptors (Lipinski definition) is 4. The molecule has 4 atom stereocenters. The van der Waals surface area contributed by atoms with Gasteiger partial charge in [-0.15, -0.1) is 0 Å². The summed E-state index contributed by atoms with van der Waals surface area (Å²) in [5.74, 6) is -0.622. The van der Waals surface area contributed by atoms with E-state index >= 15 is 0 Å². The van der Waals surface area contributed by atoms with Crippen LogP contribution in [0, 0.1) is 28.6 Å². The molecule has 0 N–H and O–H groups in total. The predicted molar refractivity (Wildman–Crippen MR) is 154 cm³/mol. The summed E-state index contributed by atoms with van der Waals surface area (Å²) >= 11 is 0. The summed E-state index contributed by atoms with van der Waals surface area (Å²) in [4.78, 5) is 16.7. The topological polar surface area (TPSA) is 67.9 Å². The zero-order chi connectivity index (χ0) is 26.8. The zero-order valence-corrected chi connectivity index (χ0v) is 21.2. The van der Waals surface area contributed by atoms with E-state index in [0.29, 0.717) is 11.1 Å². The average Bonchev–Trinajstić information content (AvgIpc) is 3.36. The molecule has 39 heavy (non-hydrogen) atoms. The van der Waals surface area contributed by atoms with Crippen molar-refractivity contribution in [3.05, 3.63) is 149 Å². The first-order valence-electron chi connectivity index (χ1n) is 13.0. The van der Waals surface area contributed by atoms with Gasteiger partial charge < -0.3 is 4.90 Å². The Morgan fingerprint density at radius 2 is 1.26 bits per heavy atom. The van der Waals surface area contributed by atoms with Crippen LogP contribution in [-0.4, -0.2) is 17.9 Å². The van der Waals surface area contributed by atoms with Crippen LogP contribution in [0.5, 0.6) is 0 Å². The fraction of sp³-hybridized carbons (Fsp3) is 0.114. The van der Waals surface area contributed by atoms with E-state index in [0.717, 1.165) is 22.4 Å². The van der Waals surface area contributed by atoms with Crippen LogP contribution in [0.2, 0.25) is 0 Å². The van der Waals surface area contributed by atoms with Gasteiger partial charge >= 0.3 is 0 Å². The number of carbonyl (C=O) groups excluding carboxylic acids is 1. The van der Waals surface area contributed by atoms with Crippen molar-refractivity contribution in [3.63, 3.8) is 0 Å². The molecular formula is C35H25N3O. The molecule has 4 aromatic carbocycles. The Bertz CT molecular complexity index is 1640. The molecule has 4 aromatic rings. The standard InChI is InChI=1S/C35H25N3O/c36-22-28(23-37)31(25-13-4-1-5-14-25)33-30-21-20-24-12-10-11-19-29(24)38(30)34(32(33)26-15-6-2-7-16-26)35(39)27-17-8-3-9-18-27/h1-21,30,32-34H/t30-,32-,33+,34-/m0/s1. The number of carbonyl (C=O) groups is 1. The Hall–Kier alpha value is -5.19. The molecule has 0 bridgehead atoms. The predicted octanol–water partition coefficient (Wildman–Crippen LogP) is 7.05. The maximum absolute atomic E-state index is 14.5. The van der Waals surface area contributed by atoms with Crippen LogP contribution >= 0.6 is 0 Å². The first-order chi connectivity index (χ1) is 19.2. The highest BCUT2D eigenvalue weighted by Gasteiger charge is 2.54. The van der Waals surface area contributed by atoms with Crippen molar-refractivity contribution >= 4 is 23.1 Å². The number of nitriles is 2. The number of hydrogen-bond donors (Lipinski definition) is 0. The molecule has 2 aliphatic heterocycles. The van der Waals surface area contributed by atoms with Crippen molar-refractivity contribution in [3.8, 4) is 12.1 Å². The molecule has 0 aliphatic carbocycles. The Morgan fingerprint density at radius 3 is 1.90 bits per heavy atom. The van der Waals surface area contributed by atoms with E-state index in [4.69, 9.17) is 0 Å². The Kier molecular flexibility index (Phi) is 6.37. The van der Waals surface area contributed by atoms with Crippen LogP contribution in [0.1, 0.15) is 33.0 Å². The fourth-order valence-corrected chi connectivity index (χ4v) is 6.27. The highest BCUT2D eigenvalue weighted by molar-refractivity contribution is 6.04. The van der Waals surface area contributed by atoms with Crippen molar-refractivity contribution in [1.29, 1.82) is 10.5 Å². The van der Waals surface area contributed by atoms with Gasteiger partial charge in [0.1, 0.15) is 23.8 Å². The molecule has 0 radical (unpaired) electrons. The molecule has 0 spiro atoms. The van der Waals surface area contributed by atoms with Gasteiger partial charge in [0.05, 0.1) is 6.04 Å². The monoisotopic (exact) mass is 503 g/mol. The van der Waals surface area contributed by atoms with Gasteiger partial charge in [-0.1, -0.05) is 121 Å². The number of Topliss-reactive ketones (excluding diaryl/α,β-unsaturated/α-hetero) is 1. The third kappa shape index (κ3) is 4.13. The maximum atomic E-state index is 14.5. The lowest BCUT2D eigenvalue weighted by atomic mass is 9.73. The van der Waals surface area contributed by atoms with Gasteiger partial charge in [0.2, 0.25) is 0 Å². The second-order valence-electron chi connectivity index (χ2n) is 9.83. The summed E-state index contributed by atoms with van der Waals surface area (Å²) in [7, 11) is 0. The lowest BCUT2D eigenvalue weighted by molar-refractivity contribution is 0.0953. The van der Waals surface area contributed by atoms with Crippen LogP contribution in [0.4, 0.5) is 5.69 Å². The van der Waals surface area contributed by atoms with E-state index in [1.54, 1.807) is 0 Å². The lowest BCUT2D eigenvalue weighted by Gasteiger charge is -2.36. The number of para-hydroxylation sites is 1. The number of nitrogens with zero attached hydrogens (tertiary/aromatic N) is 3. The van der Waals surface area contributed by atoms with Crippen molar-refractivity contribution in [1.82, 2.24) is 0 Å². The molecule has 2 heterocycles. The number of benzene rings is 4. The van der Waals surface area contributed by atoms with E-state index in [-0.39, 0.29) is 29.2 Å². The van der Waals surface area contributed by atoms with Crippen molar-refractivity contribution in [2.75, 3.05) is 4.90 Å². The summed E-state index contributed by atoms with van der Waals surface area (Å²) in [6, 6.07) is 40.8. The number of anilines is 1. The molecule has 0 amide bonds. The van der Waals surface area contributed by atoms with Gasteiger partial charge in [0.25, 0.3) is 0 Å². The number of ketones is 1. The summed E-state index contributed by atoms with van der Waals surface area (Å²) in [6.45, 7) is 0. The smallest absolute Gasteiger partial charge is 0.185 e. The molecule has 0 aromatic heterocycles. The number of rotatable bonds is 5. The first-order valence-corrected chi connectivity index (χ1v) is 13.0. The fourth-order valence-electron chi connectivity index (χ4n) is 6.27. The summed E-state index contributed by atoms with van der Waals surface area (Å²) in [6.07, 6.45) is 4.23. The molecule has 2 aliphatic rings. The first kappa shape index (κ1) is 24.2. The zero-order valence-electron chi connectivity index (χ0n) is 21.2. The van der Waals surface area contributed by atoms with E-state index in [2.05, 4.69) is 53.5 Å². The van der Waals surface area contributed by atoms with Crippen LogP contribution in [0.15, 0.2) is 127 Å². The molecular weight excluding hydrogens is 478 g/mol. The largest absolute Gasteiger partial charge is 0.353 e. The molecule has 1 saturated heterocycles. The number of allylic oxidation sites excluding steroid dienone is 1. The van der Waals surface area contributed by atoms with Gasteiger partial charge in [-0.05, 0) is 28.3 Å². The molecule has 0 saturated carbocycles. The Balaban J connectivity index is 1.67. The van der Waals surface area contributed by atoms with Crippen LogP contribution in [0.25, 0.3) is 11.6 Å². The third-order valence-electron chi connectivity index (χ3n) is 7.83. The third-order valence-corrected chi connectivity index (χ3v) is 7.83. The number of fused-ring (bicyclic) bond motifs is 3. The highest BCUT2D eigenvalue weighted by Crippen LogP contribution is 2.54. The summed E-state index contributed by atoms with van der Waals surface area (Å²) in [5, 5.41) is 20.3. The van der Waals surface area contributed by atoms with Gasteiger partial charge in [0.15, 0.2) is 5.78 Å². The van der Waals surface area contributed by atoms with Crippen LogP contribution < -0.4 is 4.90 Å². The van der Waals surface area contributed by atoms with E-state index in [9.17, 15) is 15.3 Å². The lowest BCUT2D eigenvalue weighted by Crippen LogP contribution is -2.43. The normalized spacial score (nSPS) is 20.7. The van der Waals surface area contributed by atoms with E-state index in [1.807, 2.05) is 91.0 Å². The molecule has 4 nitrogen and oxygen atoms in total. The summed E-state index contributed by atoms with van der Waals surface area (Å²) in [5.41, 5.74) is 5.23. The van der Waals surface area contributed by atoms with Crippen LogP contribution in [-0.2, 0) is 0 Å². The molecule has 1 fully saturated rings. The quantitative estimate of drug-likeness (QED) is 0.216. The molecule has 4 heteroatoms. The minimum Gasteiger partial charge on any atom is -0.353 e. The van der Waals surface area contributed by atoms with Crippen molar-refractivity contribution in [2.24, 2.45) is 5.92 Å². The minimum atomic E-state index is -0.548. The molecule has 186 valence electrons. The van der Waals surface area contributed by atoms with Crippen LogP contribution in [0.3, 0.4) is 0 Å². The second kappa shape index (κ2) is 10.3. The SMILES string of the molecule is N#CC(C#N)=C(c1ccccc1)[C@@H]1[C@H](c2ccccc2)[C@@H](C(=O)c2ccccc2)N2c3ccccc3C=C[C@@H]12. The van der Waals surface area contributed by atoms with Gasteiger partial charge in [-0.2, -0.15) is 10.5 Å². The maximum Gasteiger partial charge on any atom is 0.185 e. The highest BCUT2D eigenvalue weighted by atomic mass is 16.1. The van der Waals surface area contributed by atoms with E-state index in [1.165, 1.54) is 0 Å². The second-order valence-corrected chi connectivity index (χ2v) is 9.83.